The van der Waals surface area contributed by atoms with Crippen LogP contribution in [-0.4, -0.2) is 21.1 Å². The smallest absolute Gasteiger partial charge is 0.256 e. The molecule has 5 heteroatoms. The average Bonchev–Trinajstić information content (AvgIpc) is 2.61. The van der Waals surface area contributed by atoms with Crippen molar-refractivity contribution in [3.8, 4) is 11.5 Å². The van der Waals surface area contributed by atoms with Crippen LogP contribution < -0.4 is 5.32 Å². The van der Waals surface area contributed by atoms with Crippen molar-refractivity contribution in [3.05, 3.63) is 71.8 Å². The number of rotatable bonds is 2. The standard InChI is InChI=1S/C21H16N2O3/c1-12-5-7-13(8-6-12)22-21(26)15-3-2-4-18-16(15)11-17-19(23-18)9-14(24)10-20(17)25/h2-11,24-25H,1H3,(H,22,26). The topological polar surface area (TPSA) is 82.5 Å². The number of nitrogens with zero attached hydrogens (tertiary/aromatic N) is 1. The van der Waals surface area contributed by atoms with Crippen molar-refractivity contribution in [2.75, 3.05) is 5.32 Å². The molecule has 0 aliphatic heterocycles. The summed E-state index contributed by atoms with van der Waals surface area (Å²) >= 11 is 0. The molecule has 128 valence electrons. The van der Waals surface area contributed by atoms with Crippen molar-refractivity contribution in [2.24, 2.45) is 0 Å². The number of fused-ring (bicyclic) bond motifs is 2. The number of aryl methyl sites for hydroxylation is 1. The second-order valence-electron chi connectivity index (χ2n) is 6.21. The summed E-state index contributed by atoms with van der Waals surface area (Å²) in [7, 11) is 0. The molecule has 0 saturated carbocycles. The Morgan fingerprint density at radius 3 is 2.46 bits per heavy atom. The quantitative estimate of drug-likeness (QED) is 0.472. The molecular formula is C21H16N2O3. The molecule has 4 rings (SSSR count). The van der Waals surface area contributed by atoms with E-state index in [0.717, 1.165) is 5.56 Å². The van der Waals surface area contributed by atoms with Crippen LogP contribution in [-0.2, 0) is 0 Å². The third kappa shape index (κ3) is 2.80. The number of phenolic OH excluding ortho intramolecular Hbond substituents is 2. The number of aromatic hydroxyl groups is 2. The molecule has 0 spiro atoms. The highest BCUT2D eigenvalue weighted by Gasteiger charge is 2.13. The number of benzene rings is 3. The fourth-order valence-corrected chi connectivity index (χ4v) is 2.96. The van der Waals surface area contributed by atoms with Crippen LogP contribution in [0.5, 0.6) is 11.5 Å². The first-order valence-electron chi connectivity index (χ1n) is 8.15. The zero-order chi connectivity index (χ0) is 18.3. The van der Waals surface area contributed by atoms with Crippen LogP contribution in [0.2, 0.25) is 0 Å². The molecule has 3 N–H and O–H groups in total. The van der Waals surface area contributed by atoms with Crippen LogP contribution in [0.25, 0.3) is 21.8 Å². The van der Waals surface area contributed by atoms with Gasteiger partial charge in [-0.25, -0.2) is 4.98 Å². The van der Waals surface area contributed by atoms with Crippen LogP contribution >= 0.6 is 0 Å². The highest BCUT2D eigenvalue weighted by atomic mass is 16.3. The molecule has 5 nitrogen and oxygen atoms in total. The van der Waals surface area contributed by atoms with Crippen molar-refractivity contribution >= 4 is 33.4 Å². The number of aromatic nitrogens is 1. The molecule has 0 radical (unpaired) electrons. The van der Waals surface area contributed by atoms with Gasteiger partial charge in [-0.2, -0.15) is 0 Å². The van der Waals surface area contributed by atoms with Crippen LogP contribution in [0.3, 0.4) is 0 Å². The minimum absolute atomic E-state index is 0.0601. The Hall–Kier alpha value is -3.60. The van der Waals surface area contributed by atoms with E-state index in [-0.39, 0.29) is 17.4 Å². The Morgan fingerprint density at radius 2 is 1.69 bits per heavy atom. The van der Waals surface area contributed by atoms with Gasteiger partial charge in [0, 0.05) is 34.2 Å². The molecule has 0 atom stereocenters. The van der Waals surface area contributed by atoms with Gasteiger partial charge in [0.1, 0.15) is 11.5 Å². The van der Waals surface area contributed by atoms with E-state index in [1.165, 1.54) is 12.1 Å². The highest BCUT2D eigenvalue weighted by Crippen LogP contribution is 2.32. The zero-order valence-electron chi connectivity index (χ0n) is 14.0. The summed E-state index contributed by atoms with van der Waals surface area (Å²) in [5.74, 6) is -0.392. The van der Waals surface area contributed by atoms with Gasteiger partial charge in [0.05, 0.1) is 11.0 Å². The average molecular weight is 344 g/mol. The van der Waals surface area contributed by atoms with Gasteiger partial charge < -0.3 is 15.5 Å². The van der Waals surface area contributed by atoms with Gasteiger partial charge in [0.15, 0.2) is 0 Å². The Labute approximate surface area is 149 Å². The highest BCUT2D eigenvalue weighted by molar-refractivity contribution is 6.14. The molecular weight excluding hydrogens is 328 g/mol. The summed E-state index contributed by atoms with van der Waals surface area (Å²) in [6.45, 7) is 1.98. The molecule has 0 bridgehead atoms. The lowest BCUT2D eigenvalue weighted by Crippen LogP contribution is -2.12. The van der Waals surface area contributed by atoms with Crippen LogP contribution in [0, 0.1) is 6.92 Å². The first kappa shape index (κ1) is 15.9. The number of hydrogen-bond donors (Lipinski definition) is 3. The summed E-state index contributed by atoms with van der Waals surface area (Å²) in [5, 5.41) is 23.7. The minimum atomic E-state index is -0.251. The molecule has 0 saturated heterocycles. The van der Waals surface area contributed by atoms with E-state index in [9.17, 15) is 15.0 Å². The van der Waals surface area contributed by atoms with Gasteiger partial charge in [0.25, 0.3) is 5.91 Å². The molecule has 0 aliphatic carbocycles. The van der Waals surface area contributed by atoms with Gasteiger partial charge in [-0.15, -0.1) is 0 Å². The number of anilines is 1. The minimum Gasteiger partial charge on any atom is -0.508 e. The van der Waals surface area contributed by atoms with Crippen molar-refractivity contribution in [2.45, 2.75) is 6.92 Å². The molecule has 1 amide bonds. The number of carbonyl (C=O) groups excluding carboxylic acids is 1. The number of phenols is 2. The monoisotopic (exact) mass is 344 g/mol. The fraction of sp³-hybridized carbons (Fsp3) is 0.0476. The predicted octanol–water partition coefficient (Wildman–Crippen LogP) is 4.36. The van der Waals surface area contributed by atoms with Gasteiger partial charge in [-0.1, -0.05) is 23.8 Å². The summed E-state index contributed by atoms with van der Waals surface area (Å²) in [4.78, 5) is 17.2. The normalized spacial score (nSPS) is 11.0. The fourth-order valence-electron chi connectivity index (χ4n) is 2.96. The molecule has 0 aliphatic rings. The van der Waals surface area contributed by atoms with E-state index in [0.29, 0.717) is 33.1 Å². The van der Waals surface area contributed by atoms with Crippen molar-refractivity contribution in [1.29, 1.82) is 0 Å². The third-order valence-electron chi connectivity index (χ3n) is 4.29. The number of nitrogens with one attached hydrogen (secondary N) is 1. The maximum absolute atomic E-state index is 12.7. The maximum atomic E-state index is 12.7. The van der Waals surface area contributed by atoms with Crippen LogP contribution in [0.1, 0.15) is 15.9 Å². The summed E-state index contributed by atoms with van der Waals surface area (Å²) in [6.07, 6.45) is 0. The van der Waals surface area contributed by atoms with Crippen molar-refractivity contribution in [1.82, 2.24) is 4.98 Å². The van der Waals surface area contributed by atoms with E-state index in [1.54, 1.807) is 24.3 Å². The lowest BCUT2D eigenvalue weighted by molar-refractivity contribution is 0.102. The lowest BCUT2D eigenvalue weighted by Gasteiger charge is -2.10. The van der Waals surface area contributed by atoms with E-state index in [2.05, 4.69) is 10.3 Å². The zero-order valence-corrected chi connectivity index (χ0v) is 14.0. The molecule has 1 heterocycles. The Bertz CT molecular complexity index is 1150. The van der Waals surface area contributed by atoms with E-state index in [1.807, 2.05) is 31.2 Å². The maximum Gasteiger partial charge on any atom is 0.256 e. The number of pyridine rings is 1. The summed E-state index contributed by atoms with van der Waals surface area (Å²) < 4.78 is 0. The third-order valence-corrected chi connectivity index (χ3v) is 4.29. The molecule has 26 heavy (non-hydrogen) atoms. The molecule has 4 aromatic rings. The van der Waals surface area contributed by atoms with Gasteiger partial charge in [0.2, 0.25) is 0 Å². The van der Waals surface area contributed by atoms with Crippen LogP contribution in [0.15, 0.2) is 60.7 Å². The summed E-state index contributed by atoms with van der Waals surface area (Å²) in [6, 6.07) is 17.3. The summed E-state index contributed by atoms with van der Waals surface area (Å²) in [5.41, 5.74) is 3.36. The second kappa shape index (κ2) is 6.04. The Kier molecular flexibility index (Phi) is 3.69. The number of hydrogen-bond acceptors (Lipinski definition) is 4. The van der Waals surface area contributed by atoms with Gasteiger partial charge in [-0.05, 0) is 37.3 Å². The van der Waals surface area contributed by atoms with Crippen molar-refractivity contribution in [3.63, 3.8) is 0 Å². The number of carbonyl (C=O) groups is 1. The van der Waals surface area contributed by atoms with Gasteiger partial charge in [-0.3, -0.25) is 4.79 Å². The Balaban J connectivity index is 1.83. The van der Waals surface area contributed by atoms with Crippen LogP contribution in [0.4, 0.5) is 5.69 Å². The first-order chi connectivity index (χ1) is 12.5. The molecule has 0 unspecified atom stereocenters. The lowest BCUT2D eigenvalue weighted by atomic mass is 10.0. The Morgan fingerprint density at radius 1 is 0.923 bits per heavy atom. The van der Waals surface area contributed by atoms with Crippen molar-refractivity contribution < 1.29 is 15.0 Å². The largest absolute Gasteiger partial charge is 0.508 e. The molecule has 1 aromatic heterocycles. The molecule has 3 aromatic carbocycles. The van der Waals surface area contributed by atoms with Gasteiger partial charge >= 0.3 is 0 Å². The first-order valence-corrected chi connectivity index (χ1v) is 8.15. The number of amides is 1. The van der Waals surface area contributed by atoms with E-state index in [4.69, 9.17) is 0 Å². The van der Waals surface area contributed by atoms with E-state index >= 15 is 0 Å². The van der Waals surface area contributed by atoms with E-state index < -0.39 is 0 Å². The molecule has 0 fully saturated rings. The SMILES string of the molecule is Cc1ccc(NC(=O)c2cccc3nc4cc(O)cc(O)c4cc23)cc1. The second-order valence-corrected chi connectivity index (χ2v) is 6.21. The predicted molar refractivity (Wildman–Crippen MR) is 102 cm³/mol.